The van der Waals surface area contributed by atoms with Crippen LogP contribution in [0.3, 0.4) is 0 Å². The fraction of sp³-hybridized carbons (Fsp3) is 0.281. The lowest BCUT2D eigenvalue weighted by Crippen LogP contribution is -2.31. The molecule has 2 heterocycles. The van der Waals surface area contributed by atoms with E-state index in [0.29, 0.717) is 56.8 Å². The molecule has 1 aromatic heterocycles. The van der Waals surface area contributed by atoms with E-state index in [0.717, 1.165) is 25.9 Å². The third-order valence-electron chi connectivity index (χ3n) is 7.16. The summed E-state index contributed by atoms with van der Waals surface area (Å²) in [6, 6.07) is 15.2. The van der Waals surface area contributed by atoms with Crippen LogP contribution in [0, 0.1) is 5.82 Å². The minimum absolute atomic E-state index is 0.175. The molecule has 1 saturated heterocycles. The summed E-state index contributed by atoms with van der Waals surface area (Å²) in [5.74, 6) is 0.763. The lowest BCUT2D eigenvalue weighted by Gasteiger charge is -2.21. The van der Waals surface area contributed by atoms with E-state index in [1.54, 1.807) is 55.7 Å². The quantitative estimate of drug-likeness (QED) is 0.180. The molecule has 0 spiro atoms. The van der Waals surface area contributed by atoms with Crippen molar-refractivity contribution < 1.29 is 23.4 Å². The molecular weight excluding hydrogens is 573 g/mol. The number of likely N-dealkylation sites (tertiary alicyclic amines) is 1. The highest BCUT2D eigenvalue weighted by Gasteiger charge is 2.22. The summed E-state index contributed by atoms with van der Waals surface area (Å²) >= 11 is 6.50. The van der Waals surface area contributed by atoms with Crippen LogP contribution in [-0.2, 0) is 16.1 Å². The summed E-state index contributed by atoms with van der Waals surface area (Å²) in [6.45, 7) is 2.65. The predicted octanol–water partition coefficient (Wildman–Crippen LogP) is 6.36. The van der Waals surface area contributed by atoms with Crippen molar-refractivity contribution in [2.24, 2.45) is 0 Å². The highest BCUT2D eigenvalue weighted by molar-refractivity contribution is 6.32. The smallest absolute Gasteiger partial charge is 0.248 e. The number of amides is 1. The van der Waals surface area contributed by atoms with Gasteiger partial charge in [0.1, 0.15) is 30.3 Å². The Morgan fingerprint density at radius 1 is 1.16 bits per heavy atom. The number of anilines is 3. The van der Waals surface area contributed by atoms with Crippen molar-refractivity contribution >= 4 is 45.6 Å². The standard InChI is InChI=1S/C32H33ClFN5O4/c1-41-16-15-39-14-4-7-24(39)9-13-29(40)38-27-11-10-26-30(31(27)42-2)32(36-20-35-26)37-23-8-12-28(25(33)18-23)43-19-21-5-3-6-22(34)17-21/h3,5-6,8-13,17-18,20,24H,4,7,14-16,19H2,1-2H3,(H,38,40)(H,35,36,37)/b13-9+/t24-/m1/s1. The number of rotatable bonds is 12. The van der Waals surface area contributed by atoms with E-state index in [1.165, 1.54) is 25.6 Å². The molecule has 1 atom stereocenters. The van der Waals surface area contributed by atoms with Crippen LogP contribution in [0.15, 0.2) is 73.1 Å². The van der Waals surface area contributed by atoms with Gasteiger partial charge in [0.15, 0.2) is 5.75 Å². The molecule has 0 aliphatic carbocycles. The molecule has 43 heavy (non-hydrogen) atoms. The van der Waals surface area contributed by atoms with Crippen molar-refractivity contribution in [2.45, 2.75) is 25.5 Å². The fourth-order valence-corrected chi connectivity index (χ4v) is 5.31. The van der Waals surface area contributed by atoms with E-state index in [9.17, 15) is 9.18 Å². The summed E-state index contributed by atoms with van der Waals surface area (Å²) in [4.78, 5) is 24.0. The minimum Gasteiger partial charge on any atom is -0.494 e. The van der Waals surface area contributed by atoms with E-state index in [1.807, 2.05) is 6.08 Å². The molecule has 0 radical (unpaired) electrons. The van der Waals surface area contributed by atoms with Gasteiger partial charge in [-0.2, -0.15) is 0 Å². The van der Waals surface area contributed by atoms with Crippen molar-refractivity contribution in [1.29, 1.82) is 0 Å². The third kappa shape index (κ3) is 7.59. The Hall–Kier alpha value is -4.25. The molecule has 0 unspecified atom stereocenters. The minimum atomic E-state index is -0.326. The molecule has 1 amide bonds. The zero-order chi connectivity index (χ0) is 30.2. The molecule has 5 rings (SSSR count). The van der Waals surface area contributed by atoms with Crippen LogP contribution in [0.4, 0.5) is 21.6 Å². The first-order valence-electron chi connectivity index (χ1n) is 13.9. The Morgan fingerprint density at radius 3 is 2.84 bits per heavy atom. The van der Waals surface area contributed by atoms with Gasteiger partial charge < -0.3 is 24.8 Å². The number of hydrogen-bond acceptors (Lipinski definition) is 8. The topological polar surface area (TPSA) is 97.8 Å². The highest BCUT2D eigenvalue weighted by atomic mass is 35.5. The Morgan fingerprint density at radius 2 is 2.05 bits per heavy atom. The maximum absolute atomic E-state index is 13.5. The van der Waals surface area contributed by atoms with Gasteiger partial charge in [-0.05, 0) is 67.4 Å². The Kier molecular flexibility index (Phi) is 10.0. The SMILES string of the molecule is COCCN1CCC[C@@H]1/C=C/C(=O)Nc1ccc2ncnc(Nc3ccc(OCc4cccc(F)c4)c(Cl)c3)c2c1OC. The van der Waals surface area contributed by atoms with Crippen LogP contribution in [0.1, 0.15) is 18.4 Å². The van der Waals surface area contributed by atoms with Crippen LogP contribution in [-0.4, -0.2) is 60.7 Å². The Labute approximate surface area is 254 Å². The van der Waals surface area contributed by atoms with Crippen LogP contribution in [0.5, 0.6) is 11.5 Å². The average Bonchev–Trinajstić information content (AvgIpc) is 3.46. The van der Waals surface area contributed by atoms with Gasteiger partial charge in [0.2, 0.25) is 5.91 Å². The van der Waals surface area contributed by atoms with Crippen molar-refractivity contribution in [1.82, 2.24) is 14.9 Å². The van der Waals surface area contributed by atoms with Gasteiger partial charge in [-0.3, -0.25) is 9.69 Å². The van der Waals surface area contributed by atoms with Gasteiger partial charge in [0.05, 0.1) is 35.3 Å². The van der Waals surface area contributed by atoms with Crippen LogP contribution in [0.25, 0.3) is 10.9 Å². The number of ether oxygens (including phenoxy) is 3. The van der Waals surface area contributed by atoms with Gasteiger partial charge >= 0.3 is 0 Å². The summed E-state index contributed by atoms with van der Waals surface area (Å²) in [5, 5.41) is 7.17. The highest BCUT2D eigenvalue weighted by Crippen LogP contribution is 2.38. The summed E-state index contributed by atoms with van der Waals surface area (Å²) in [6.07, 6.45) is 7.05. The van der Waals surface area contributed by atoms with E-state index >= 15 is 0 Å². The number of nitrogens with zero attached hydrogens (tertiary/aromatic N) is 3. The van der Waals surface area contributed by atoms with E-state index in [4.69, 9.17) is 25.8 Å². The molecule has 1 aliphatic heterocycles. The maximum Gasteiger partial charge on any atom is 0.248 e. The van der Waals surface area contributed by atoms with Gasteiger partial charge in [0.25, 0.3) is 0 Å². The number of nitrogens with one attached hydrogen (secondary N) is 2. The average molecular weight is 606 g/mol. The molecule has 11 heteroatoms. The lowest BCUT2D eigenvalue weighted by molar-refractivity contribution is -0.112. The molecule has 0 bridgehead atoms. The van der Waals surface area contributed by atoms with Crippen molar-refractivity contribution in [3.05, 3.63) is 89.5 Å². The fourth-order valence-electron chi connectivity index (χ4n) is 5.08. The molecule has 1 aliphatic rings. The molecule has 4 aromatic rings. The monoisotopic (exact) mass is 605 g/mol. The molecule has 9 nitrogen and oxygen atoms in total. The molecule has 1 fully saturated rings. The lowest BCUT2D eigenvalue weighted by atomic mass is 10.1. The van der Waals surface area contributed by atoms with Crippen LogP contribution < -0.4 is 20.1 Å². The molecule has 2 N–H and O–H groups in total. The van der Waals surface area contributed by atoms with E-state index in [-0.39, 0.29) is 24.4 Å². The molecule has 0 saturated carbocycles. The second-order valence-corrected chi connectivity index (χ2v) is 10.4. The zero-order valence-electron chi connectivity index (χ0n) is 24.0. The molecule has 3 aromatic carbocycles. The zero-order valence-corrected chi connectivity index (χ0v) is 24.7. The maximum atomic E-state index is 13.5. The van der Waals surface area contributed by atoms with E-state index < -0.39 is 0 Å². The Bertz CT molecular complexity index is 1620. The van der Waals surface area contributed by atoms with Crippen LogP contribution >= 0.6 is 11.6 Å². The number of methoxy groups -OCH3 is 2. The summed E-state index contributed by atoms with van der Waals surface area (Å²) in [5.41, 5.74) is 2.46. The first-order chi connectivity index (χ1) is 20.9. The normalized spacial score (nSPS) is 15.2. The number of aromatic nitrogens is 2. The third-order valence-corrected chi connectivity index (χ3v) is 7.46. The number of hydrogen-bond donors (Lipinski definition) is 2. The van der Waals surface area contributed by atoms with Gasteiger partial charge in [-0.25, -0.2) is 14.4 Å². The van der Waals surface area contributed by atoms with E-state index in [2.05, 4.69) is 25.5 Å². The summed E-state index contributed by atoms with van der Waals surface area (Å²) < 4.78 is 30.2. The second kappa shape index (κ2) is 14.3. The molecule has 224 valence electrons. The number of halogens is 2. The van der Waals surface area contributed by atoms with Gasteiger partial charge in [-0.1, -0.05) is 29.8 Å². The number of carbonyl (C=O) groups excluding carboxylic acids is 1. The summed E-state index contributed by atoms with van der Waals surface area (Å²) in [7, 11) is 3.22. The number of fused-ring (bicyclic) bond motifs is 1. The molecular formula is C32H33ClFN5O4. The first-order valence-corrected chi connectivity index (χ1v) is 14.3. The first kappa shape index (κ1) is 30.2. The van der Waals surface area contributed by atoms with Crippen LogP contribution in [0.2, 0.25) is 5.02 Å². The largest absolute Gasteiger partial charge is 0.494 e. The number of benzene rings is 3. The van der Waals surface area contributed by atoms with Gasteiger partial charge in [0, 0.05) is 31.5 Å². The van der Waals surface area contributed by atoms with Crippen molar-refractivity contribution in [3.8, 4) is 11.5 Å². The second-order valence-electron chi connectivity index (χ2n) is 10.0. The number of carbonyl (C=O) groups is 1. The Balaban J connectivity index is 1.32. The van der Waals surface area contributed by atoms with Crippen molar-refractivity contribution in [3.63, 3.8) is 0 Å². The predicted molar refractivity (Wildman–Crippen MR) is 166 cm³/mol. The van der Waals surface area contributed by atoms with Gasteiger partial charge in [-0.15, -0.1) is 0 Å². The van der Waals surface area contributed by atoms with Crippen molar-refractivity contribution in [2.75, 3.05) is 44.5 Å².